The van der Waals surface area contributed by atoms with Gasteiger partial charge in [-0.1, -0.05) is 32.0 Å². The Morgan fingerprint density at radius 3 is 2.58 bits per heavy atom. The molecule has 1 amide bonds. The molecule has 1 aliphatic carbocycles. The van der Waals surface area contributed by atoms with Crippen LogP contribution in [0.4, 0.5) is 5.88 Å². The molecule has 0 saturated heterocycles. The molecule has 1 heterocycles. The smallest absolute Gasteiger partial charge is 0.338 e. The summed E-state index contributed by atoms with van der Waals surface area (Å²) >= 11 is 0. The molecular weight excluding hydrogens is 332 g/mol. The van der Waals surface area contributed by atoms with Crippen LogP contribution in [0.15, 0.2) is 28.8 Å². The normalized spacial score (nSPS) is 13.8. The Labute approximate surface area is 152 Å². The van der Waals surface area contributed by atoms with Gasteiger partial charge in [-0.25, -0.2) is 4.79 Å². The van der Waals surface area contributed by atoms with E-state index in [4.69, 9.17) is 9.26 Å². The lowest BCUT2D eigenvalue weighted by atomic mass is 9.90. The van der Waals surface area contributed by atoms with Crippen molar-refractivity contribution in [3.8, 4) is 0 Å². The molecule has 0 spiro atoms. The highest BCUT2D eigenvalue weighted by Crippen LogP contribution is 2.24. The average molecular weight is 356 g/mol. The summed E-state index contributed by atoms with van der Waals surface area (Å²) in [5, 5.41) is 6.47. The van der Waals surface area contributed by atoms with E-state index in [1.165, 1.54) is 17.5 Å². The quantitative estimate of drug-likeness (QED) is 0.846. The third-order valence-electron chi connectivity index (χ3n) is 4.46. The van der Waals surface area contributed by atoms with Gasteiger partial charge in [0.05, 0.1) is 11.3 Å². The Bertz CT molecular complexity index is 817. The summed E-state index contributed by atoms with van der Waals surface area (Å²) in [7, 11) is 0. The van der Waals surface area contributed by atoms with Crippen LogP contribution >= 0.6 is 0 Å². The summed E-state index contributed by atoms with van der Waals surface area (Å²) in [5.41, 5.74) is 3.54. The Morgan fingerprint density at radius 1 is 1.15 bits per heavy atom. The standard InChI is InChI=1S/C20H24N2O4/c1-20(2,3)16-11-18(26-22-16)21-17(23)12-25-19(24)15-9-8-13-6-4-5-7-14(13)10-15/h8-11H,4-7,12H2,1-3H3,(H,21,23). The zero-order valence-electron chi connectivity index (χ0n) is 15.4. The van der Waals surface area contributed by atoms with Gasteiger partial charge in [0.25, 0.3) is 5.91 Å². The van der Waals surface area contributed by atoms with E-state index in [2.05, 4.69) is 10.5 Å². The van der Waals surface area contributed by atoms with Crippen LogP contribution in [0.5, 0.6) is 0 Å². The summed E-state index contributed by atoms with van der Waals surface area (Å²) in [6, 6.07) is 7.29. The van der Waals surface area contributed by atoms with Crippen LogP contribution in [0.2, 0.25) is 0 Å². The number of carbonyl (C=O) groups is 2. The third kappa shape index (κ3) is 4.31. The van der Waals surface area contributed by atoms with E-state index in [1.807, 2.05) is 32.9 Å². The largest absolute Gasteiger partial charge is 0.452 e. The maximum absolute atomic E-state index is 12.2. The van der Waals surface area contributed by atoms with E-state index in [0.717, 1.165) is 25.0 Å². The van der Waals surface area contributed by atoms with E-state index in [-0.39, 0.29) is 17.9 Å². The molecule has 3 rings (SSSR count). The first-order valence-electron chi connectivity index (χ1n) is 8.89. The molecule has 26 heavy (non-hydrogen) atoms. The second-order valence-corrected chi connectivity index (χ2v) is 7.64. The molecule has 0 bridgehead atoms. The van der Waals surface area contributed by atoms with Crippen molar-refractivity contribution in [2.45, 2.75) is 51.9 Å². The highest BCUT2D eigenvalue weighted by molar-refractivity contribution is 5.95. The molecule has 0 radical (unpaired) electrons. The highest BCUT2D eigenvalue weighted by Gasteiger charge is 2.20. The van der Waals surface area contributed by atoms with Crippen molar-refractivity contribution < 1.29 is 18.8 Å². The number of nitrogens with one attached hydrogen (secondary N) is 1. The topological polar surface area (TPSA) is 81.4 Å². The average Bonchev–Trinajstić information content (AvgIpc) is 3.08. The van der Waals surface area contributed by atoms with Gasteiger partial charge in [0.15, 0.2) is 6.61 Å². The molecule has 6 heteroatoms. The summed E-state index contributed by atoms with van der Waals surface area (Å²) in [4.78, 5) is 24.1. The van der Waals surface area contributed by atoms with Crippen LogP contribution in [0, 0.1) is 0 Å². The molecule has 1 aliphatic rings. The fourth-order valence-electron chi connectivity index (χ4n) is 2.94. The monoisotopic (exact) mass is 356 g/mol. The van der Waals surface area contributed by atoms with Crippen molar-refractivity contribution >= 4 is 17.8 Å². The van der Waals surface area contributed by atoms with Crippen LogP contribution in [0.25, 0.3) is 0 Å². The predicted octanol–water partition coefficient (Wildman–Crippen LogP) is 3.65. The molecule has 1 N–H and O–H groups in total. The van der Waals surface area contributed by atoms with Crippen LogP contribution in [0.1, 0.15) is 60.8 Å². The van der Waals surface area contributed by atoms with Gasteiger partial charge in [-0.05, 0) is 48.9 Å². The van der Waals surface area contributed by atoms with Crippen molar-refractivity contribution in [3.63, 3.8) is 0 Å². The number of anilines is 1. The zero-order chi connectivity index (χ0) is 18.7. The number of nitrogens with zero attached hydrogens (tertiary/aromatic N) is 1. The van der Waals surface area contributed by atoms with Gasteiger partial charge in [-0.15, -0.1) is 0 Å². The molecule has 6 nitrogen and oxygen atoms in total. The number of hydrogen-bond acceptors (Lipinski definition) is 5. The van der Waals surface area contributed by atoms with Gasteiger partial charge in [0.1, 0.15) is 0 Å². The molecule has 0 saturated carbocycles. The number of fused-ring (bicyclic) bond motifs is 1. The molecule has 1 aromatic heterocycles. The van der Waals surface area contributed by atoms with Gasteiger partial charge >= 0.3 is 5.97 Å². The second kappa shape index (κ2) is 7.32. The van der Waals surface area contributed by atoms with Crippen LogP contribution in [0.3, 0.4) is 0 Å². The number of benzene rings is 1. The first-order valence-corrected chi connectivity index (χ1v) is 8.89. The molecule has 0 atom stereocenters. The lowest BCUT2D eigenvalue weighted by Crippen LogP contribution is -2.21. The minimum Gasteiger partial charge on any atom is -0.452 e. The lowest BCUT2D eigenvalue weighted by Gasteiger charge is -2.16. The Kier molecular flexibility index (Phi) is 5.11. The molecule has 1 aromatic carbocycles. The highest BCUT2D eigenvalue weighted by atomic mass is 16.5. The number of carbonyl (C=O) groups excluding carboxylic acids is 2. The number of esters is 1. The Morgan fingerprint density at radius 2 is 1.88 bits per heavy atom. The minimum absolute atomic E-state index is 0.175. The van der Waals surface area contributed by atoms with Crippen molar-refractivity contribution in [1.29, 1.82) is 0 Å². The minimum atomic E-state index is -0.499. The SMILES string of the molecule is CC(C)(C)c1cc(NC(=O)COC(=O)c2ccc3c(c2)CCCC3)on1. The fraction of sp³-hybridized carbons (Fsp3) is 0.450. The van der Waals surface area contributed by atoms with Gasteiger partial charge in [0.2, 0.25) is 5.88 Å². The van der Waals surface area contributed by atoms with Gasteiger partial charge < -0.3 is 9.26 Å². The maximum Gasteiger partial charge on any atom is 0.338 e. The Balaban J connectivity index is 1.54. The van der Waals surface area contributed by atoms with Crippen molar-refractivity contribution in [1.82, 2.24) is 5.16 Å². The van der Waals surface area contributed by atoms with Crippen LogP contribution in [-0.4, -0.2) is 23.6 Å². The summed E-state index contributed by atoms with van der Waals surface area (Å²) in [6.07, 6.45) is 4.37. The fourth-order valence-corrected chi connectivity index (χ4v) is 2.94. The molecule has 0 aliphatic heterocycles. The van der Waals surface area contributed by atoms with Gasteiger partial charge in [0, 0.05) is 11.5 Å². The van der Waals surface area contributed by atoms with Crippen LogP contribution < -0.4 is 5.32 Å². The van der Waals surface area contributed by atoms with Crippen LogP contribution in [-0.2, 0) is 27.8 Å². The first-order chi connectivity index (χ1) is 12.3. The number of ether oxygens (including phenoxy) is 1. The van der Waals surface area contributed by atoms with E-state index in [1.54, 1.807) is 12.1 Å². The molecule has 138 valence electrons. The third-order valence-corrected chi connectivity index (χ3v) is 4.46. The summed E-state index contributed by atoms with van der Waals surface area (Å²) in [6.45, 7) is 5.62. The number of rotatable bonds is 4. The molecule has 2 aromatic rings. The predicted molar refractivity (Wildman–Crippen MR) is 97.2 cm³/mol. The molecule has 0 unspecified atom stereocenters. The number of aryl methyl sites for hydroxylation is 2. The van der Waals surface area contributed by atoms with Crippen molar-refractivity contribution in [2.75, 3.05) is 11.9 Å². The Hall–Kier alpha value is -2.63. The molecular formula is C20H24N2O4. The molecule has 0 fully saturated rings. The van der Waals surface area contributed by atoms with Crippen molar-refractivity contribution in [3.05, 3.63) is 46.6 Å². The van der Waals surface area contributed by atoms with E-state index in [0.29, 0.717) is 5.56 Å². The van der Waals surface area contributed by atoms with E-state index >= 15 is 0 Å². The number of aromatic nitrogens is 1. The van der Waals surface area contributed by atoms with Gasteiger partial charge in [-0.3, -0.25) is 10.1 Å². The maximum atomic E-state index is 12.2. The number of hydrogen-bond donors (Lipinski definition) is 1. The summed E-state index contributed by atoms with van der Waals surface area (Å²) in [5.74, 6) is -0.723. The lowest BCUT2D eigenvalue weighted by molar-refractivity contribution is -0.119. The van der Waals surface area contributed by atoms with Gasteiger partial charge in [-0.2, -0.15) is 0 Å². The van der Waals surface area contributed by atoms with E-state index < -0.39 is 11.9 Å². The van der Waals surface area contributed by atoms with E-state index in [9.17, 15) is 9.59 Å². The summed E-state index contributed by atoms with van der Waals surface area (Å²) < 4.78 is 10.2. The van der Waals surface area contributed by atoms with Crippen molar-refractivity contribution in [2.24, 2.45) is 0 Å². The number of amides is 1. The first kappa shape index (κ1) is 18.2. The second-order valence-electron chi connectivity index (χ2n) is 7.64. The zero-order valence-corrected chi connectivity index (χ0v) is 15.4.